The highest BCUT2D eigenvalue weighted by Crippen LogP contribution is 2.11. The Bertz CT molecular complexity index is 387. The highest BCUT2D eigenvalue weighted by molar-refractivity contribution is 5.83. The summed E-state index contributed by atoms with van der Waals surface area (Å²) in [5, 5.41) is 0. The average molecular weight is 236 g/mol. The molecule has 0 heterocycles. The van der Waals surface area contributed by atoms with E-state index >= 15 is 0 Å². The van der Waals surface area contributed by atoms with E-state index in [1.165, 1.54) is 0 Å². The van der Waals surface area contributed by atoms with Crippen molar-refractivity contribution in [3.05, 3.63) is 29.8 Å². The number of rotatable bonds is 4. The lowest BCUT2D eigenvalue weighted by atomic mass is 10.1. The van der Waals surface area contributed by atoms with Gasteiger partial charge in [0.1, 0.15) is 5.75 Å². The predicted octanol–water partition coefficient (Wildman–Crippen LogP) is 0.795. The zero-order valence-corrected chi connectivity index (χ0v) is 9.95. The van der Waals surface area contributed by atoms with E-state index in [9.17, 15) is 9.59 Å². The van der Waals surface area contributed by atoms with Crippen LogP contribution >= 0.6 is 0 Å². The van der Waals surface area contributed by atoms with Gasteiger partial charge in [-0.05, 0) is 17.7 Å². The Balaban J connectivity index is 2.42. The van der Waals surface area contributed by atoms with Crippen molar-refractivity contribution in [3.63, 3.8) is 0 Å². The Morgan fingerprint density at radius 1 is 1.12 bits per heavy atom. The lowest BCUT2D eigenvalue weighted by molar-refractivity contribution is -0.128. The Kier molecular flexibility index (Phi) is 5.00. The molecule has 2 N–H and O–H groups in total. The van der Waals surface area contributed by atoms with E-state index in [1.54, 1.807) is 38.3 Å². The van der Waals surface area contributed by atoms with Gasteiger partial charge in [0.25, 0.3) is 0 Å². The number of hydrogen-bond donors (Lipinski definition) is 2. The second-order valence-corrected chi connectivity index (χ2v) is 3.47. The number of benzene rings is 1. The predicted molar refractivity (Wildman–Crippen MR) is 63.3 cm³/mol. The highest BCUT2D eigenvalue weighted by atomic mass is 16.5. The number of hydrazine groups is 1. The molecule has 0 fully saturated rings. The Labute approximate surface area is 100 Å². The van der Waals surface area contributed by atoms with Crippen LogP contribution in [0.1, 0.15) is 18.9 Å². The lowest BCUT2D eigenvalue weighted by Gasteiger charge is -2.06. The topological polar surface area (TPSA) is 67.4 Å². The maximum atomic E-state index is 11.4. The summed E-state index contributed by atoms with van der Waals surface area (Å²) in [6.45, 7) is 1.71. The van der Waals surface area contributed by atoms with E-state index in [2.05, 4.69) is 10.9 Å². The van der Waals surface area contributed by atoms with Gasteiger partial charge in [0, 0.05) is 6.42 Å². The van der Waals surface area contributed by atoms with E-state index < -0.39 is 0 Å². The molecule has 5 nitrogen and oxygen atoms in total. The molecule has 0 aliphatic rings. The van der Waals surface area contributed by atoms with E-state index in [1.807, 2.05) is 0 Å². The molecular weight excluding hydrogens is 220 g/mol. The average Bonchev–Trinajstić information content (AvgIpc) is 2.36. The number of carbonyl (C=O) groups excluding carboxylic acids is 2. The molecule has 0 spiro atoms. The van der Waals surface area contributed by atoms with Crippen molar-refractivity contribution < 1.29 is 14.3 Å². The number of hydrogen-bond acceptors (Lipinski definition) is 3. The SMILES string of the molecule is CCC(=O)NNC(=O)Cc1ccc(OC)cc1. The molecule has 0 aliphatic carbocycles. The molecule has 1 rings (SSSR count). The molecule has 0 atom stereocenters. The summed E-state index contributed by atoms with van der Waals surface area (Å²) in [7, 11) is 1.59. The lowest BCUT2D eigenvalue weighted by Crippen LogP contribution is -2.42. The first-order valence-corrected chi connectivity index (χ1v) is 5.36. The molecule has 0 radical (unpaired) electrons. The smallest absolute Gasteiger partial charge is 0.242 e. The number of amides is 2. The second kappa shape index (κ2) is 6.52. The molecule has 0 aromatic heterocycles. The molecule has 0 unspecified atom stereocenters. The van der Waals surface area contributed by atoms with Crippen LogP contribution in [-0.2, 0) is 16.0 Å². The first-order chi connectivity index (χ1) is 8.15. The summed E-state index contributed by atoms with van der Waals surface area (Å²) in [4.78, 5) is 22.3. The van der Waals surface area contributed by atoms with Crippen molar-refractivity contribution in [1.82, 2.24) is 10.9 Å². The van der Waals surface area contributed by atoms with Gasteiger partial charge < -0.3 is 4.74 Å². The molecular formula is C12H16N2O3. The summed E-state index contributed by atoms with van der Waals surface area (Å²) in [5.74, 6) is 0.276. The highest BCUT2D eigenvalue weighted by Gasteiger charge is 2.04. The van der Waals surface area contributed by atoms with Crippen molar-refractivity contribution in [2.75, 3.05) is 7.11 Å². The molecule has 0 bridgehead atoms. The van der Waals surface area contributed by atoms with Crippen LogP contribution in [0.25, 0.3) is 0 Å². The maximum absolute atomic E-state index is 11.4. The molecule has 1 aromatic carbocycles. The summed E-state index contributed by atoms with van der Waals surface area (Å²) >= 11 is 0. The van der Waals surface area contributed by atoms with Crippen LogP contribution < -0.4 is 15.6 Å². The Morgan fingerprint density at radius 3 is 2.24 bits per heavy atom. The largest absolute Gasteiger partial charge is 0.497 e. The molecule has 92 valence electrons. The molecule has 0 aliphatic heterocycles. The molecule has 17 heavy (non-hydrogen) atoms. The fourth-order valence-corrected chi connectivity index (χ4v) is 1.20. The first-order valence-electron chi connectivity index (χ1n) is 5.36. The van der Waals surface area contributed by atoms with E-state index in [4.69, 9.17) is 4.74 Å². The maximum Gasteiger partial charge on any atom is 0.242 e. The number of ether oxygens (including phenoxy) is 1. The zero-order chi connectivity index (χ0) is 12.7. The van der Waals surface area contributed by atoms with Crippen molar-refractivity contribution in [2.45, 2.75) is 19.8 Å². The van der Waals surface area contributed by atoms with Crippen LogP contribution in [0.15, 0.2) is 24.3 Å². The summed E-state index contributed by atoms with van der Waals surface area (Å²) in [5.41, 5.74) is 5.51. The summed E-state index contributed by atoms with van der Waals surface area (Å²) < 4.78 is 5.01. The van der Waals surface area contributed by atoms with Crippen molar-refractivity contribution in [3.8, 4) is 5.75 Å². The van der Waals surface area contributed by atoms with Gasteiger partial charge >= 0.3 is 0 Å². The van der Waals surface area contributed by atoms with Crippen LogP contribution in [0.2, 0.25) is 0 Å². The van der Waals surface area contributed by atoms with Crippen molar-refractivity contribution in [2.24, 2.45) is 0 Å². The van der Waals surface area contributed by atoms with Crippen molar-refractivity contribution >= 4 is 11.8 Å². The fraction of sp³-hybridized carbons (Fsp3) is 0.333. The summed E-state index contributed by atoms with van der Waals surface area (Å²) in [6, 6.07) is 7.18. The minimum Gasteiger partial charge on any atom is -0.497 e. The quantitative estimate of drug-likeness (QED) is 0.760. The summed E-state index contributed by atoms with van der Waals surface area (Å²) in [6.07, 6.45) is 0.552. The first kappa shape index (κ1) is 13.0. The number of methoxy groups -OCH3 is 1. The van der Waals surface area contributed by atoms with Crippen LogP contribution in [0, 0.1) is 0 Å². The van der Waals surface area contributed by atoms with Gasteiger partial charge in [-0.1, -0.05) is 19.1 Å². The van der Waals surface area contributed by atoms with Crippen LogP contribution in [0.4, 0.5) is 0 Å². The Morgan fingerprint density at radius 2 is 1.71 bits per heavy atom. The third kappa shape index (κ3) is 4.55. The second-order valence-electron chi connectivity index (χ2n) is 3.47. The number of carbonyl (C=O) groups is 2. The van der Waals surface area contributed by atoms with Gasteiger partial charge in [-0.2, -0.15) is 0 Å². The standard InChI is InChI=1S/C12H16N2O3/c1-3-11(15)13-14-12(16)8-9-4-6-10(17-2)7-5-9/h4-7H,3,8H2,1-2H3,(H,13,15)(H,14,16). The fourth-order valence-electron chi connectivity index (χ4n) is 1.20. The molecule has 0 saturated heterocycles. The molecule has 1 aromatic rings. The minimum absolute atomic E-state index is 0.215. The van der Waals surface area contributed by atoms with Gasteiger partial charge in [0.05, 0.1) is 13.5 Å². The third-order valence-corrected chi connectivity index (χ3v) is 2.19. The van der Waals surface area contributed by atoms with Crippen LogP contribution in [0.5, 0.6) is 5.75 Å². The van der Waals surface area contributed by atoms with Gasteiger partial charge in [-0.25, -0.2) is 0 Å². The van der Waals surface area contributed by atoms with Crippen LogP contribution in [-0.4, -0.2) is 18.9 Å². The number of nitrogens with one attached hydrogen (secondary N) is 2. The van der Waals surface area contributed by atoms with Crippen molar-refractivity contribution in [1.29, 1.82) is 0 Å². The monoisotopic (exact) mass is 236 g/mol. The molecule has 5 heteroatoms. The Hall–Kier alpha value is -2.04. The van der Waals surface area contributed by atoms with E-state index in [0.29, 0.717) is 6.42 Å². The molecule has 0 saturated carbocycles. The van der Waals surface area contributed by atoms with Gasteiger partial charge in [-0.3, -0.25) is 20.4 Å². The van der Waals surface area contributed by atoms with E-state index in [0.717, 1.165) is 11.3 Å². The van der Waals surface area contributed by atoms with Gasteiger partial charge in [-0.15, -0.1) is 0 Å². The van der Waals surface area contributed by atoms with Crippen LogP contribution in [0.3, 0.4) is 0 Å². The van der Waals surface area contributed by atoms with Gasteiger partial charge in [0.15, 0.2) is 0 Å². The van der Waals surface area contributed by atoms with E-state index in [-0.39, 0.29) is 18.2 Å². The molecule has 2 amide bonds. The normalized spacial score (nSPS) is 9.53. The minimum atomic E-state index is -0.253. The zero-order valence-electron chi connectivity index (χ0n) is 9.95. The van der Waals surface area contributed by atoms with Gasteiger partial charge in [0.2, 0.25) is 11.8 Å². The third-order valence-electron chi connectivity index (χ3n) is 2.19.